The molecule has 2 saturated heterocycles. The summed E-state index contributed by atoms with van der Waals surface area (Å²) in [5.41, 5.74) is -0.949. The molecular formula is C39H48O9. The highest BCUT2D eigenvalue weighted by molar-refractivity contribution is 5.89. The maximum absolute atomic E-state index is 14.1. The predicted molar refractivity (Wildman–Crippen MR) is 176 cm³/mol. The van der Waals surface area contributed by atoms with Crippen LogP contribution < -0.4 is 4.74 Å². The monoisotopic (exact) mass is 660 g/mol. The third kappa shape index (κ3) is 4.57. The molecule has 0 radical (unpaired) electrons. The Kier molecular flexibility index (Phi) is 7.90. The van der Waals surface area contributed by atoms with Crippen molar-refractivity contribution in [3.05, 3.63) is 76.9 Å². The fourth-order valence-electron chi connectivity index (χ4n) is 10.3. The smallest absolute Gasteiger partial charge is 0.338 e. The van der Waals surface area contributed by atoms with Gasteiger partial charge >= 0.3 is 11.9 Å². The molecule has 5 aliphatic rings. The normalized spacial score (nSPS) is 41.0. The molecule has 1 unspecified atom stereocenters. The van der Waals surface area contributed by atoms with Gasteiger partial charge in [0.1, 0.15) is 23.6 Å². The van der Waals surface area contributed by atoms with Crippen LogP contribution in [0, 0.1) is 28.6 Å². The van der Waals surface area contributed by atoms with Crippen LogP contribution in [0.15, 0.2) is 65.7 Å². The van der Waals surface area contributed by atoms with E-state index in [1.165, 1.54) is 12.5 Å². The van der Waals surface area contributed by atoms with Gasteiger partial charge in [-0.05, 0) is 43.5 Å². The number of benzene rings is 2. The molecule has 2 aromatic carbocycles. The molecule has 1 N–H and O–H groups in total. The summed E-state index contributed by atoms with van der Waals surface area (Å²) in [6, 6.07) is 16.5. The van der Waals surface area contributed by atoms with Gasteiger partial charge in [0.25, 0.3) is 0 Å². The Balaban J connectivity index is 1.47. The van der Waals surface area contributed by atoms with Crippen molar-refractivity contribution in [2.75, 3.05) is 13.7 Å². The van der Waals surface area contributed by atoms with Crippen LogP contribution in [0.5, 0.6) is 5.75 Å². The minimum Gasteiger partial charge on any atom is -0.497 e. The van der Waals surface area contributed by atoms with Crippen molar-refractivity contribution in [3.8, 4) is 5.75 Å². The molecule has 2 saturated carbocycles. The molecule has 7 rings (SSSR count). The lowest BCUT2D eigenvalue weighted by molar-refractivity contribution is -0.411. The van der Waals surface area contributed by atoms with E-state index in [1.54, 1.807) is 31.4 Å². The van der Waals surface area contributed by atoms with Crippen LogP contribution in [0.3, 0.4) is 0 Å². The van der Waals surface area contributed by atoms with Gasteiger partial charge in [-0.25, -0.2) is 4.79 Å². The first kappa shape index (κ1) is 33.3. The highest BCUT2D eigenvalue weighted by Crippen LogP contribution is 2.68. The van der Waals surface area contributed by atoms with Crippen molar-refractivity contribution >= 4 is 11.9 Å². The second-order valence-electron chi connectivity index (χ2n) is 15.4. The van der Waals surface area contributed by atoms with Crippen LogP contribution in [-0.2, 0) is 28.5 Å². The first-order valence-corrected chi connectivity index (χ1v) is 17.1. The van der Waals surface area contributed by atoms with Crippen molar-refractivity contribution in [1.82, 2.24) is 0 Å². The first-order valence-electron chi connectivity index (χ1n) is 17.1. The topological polar surface area (TPSA) is 110 Å². The molecule has 4 fully saturated rings. The van der Waals surface area contributed by atoms with E-state index < -0.39 is 70.6 Å². The summed E-state index contributed by atoms with van der Waals surface area (Å²) in [5, 5.41) is 13.4. The number of rotatable bonds is 5. The average Bonchev–Trinajstić information content (AvgIpc) is 3.04. The highest BCUT2D eigenvalue weighted by atomic mass is 16.7. The number of fused-ring (bicyclic) bond motifs is 4. The van der Waals surface area contributed by atoms with Crippen molar-refractivity contribution in [1.29, 1.82) is 0 Å². The number of ether oxygens (including phenoxy) is 6. The van der Waals surface area contributed by atoms with E-state index >= 15 is 0 Å². The summed E-state index contributed by atoms with van der Waals surface area (Å²) in [6.45, 7) is 14.2. The number of hydrogen-bond donors (Lipinski definition) is 1. The third-order valence-electron chi connectivity index (χ3n) is 12.7. The molecule has 0 spiro atoms. The summed E-state index contributed by atoms with van der Waals surface area (Å²) in [6.07, 6.45) is -2.46. The van der Waals surface area contributed by atoms with Crippen LogP contribution in [0.25, 0.3) is 0 Å². The zero-order chi connectivity index (χ0) is 34.4. The van der Waals surface area contributed by atoms with Crippen molar-refractivity contribution in [2.45, 2.75) is 103 Å². The Morgan fingerprint density at radius 3 is 2.25 bits per heavy atom. The second-order valence-corrected chi connectivity index (χ2v) is 15.4. The Hall–Kier alpha value is -3.24. The van der Waals surface area contributed by atoms with E-state index in [1.807, 2.05) is 44.2 Å². The number of allylic oxidation sites excluding steroid dienone is 1. The molecule has 2 heterocycles. The van der Waals surface area contributed by atoms with E-state index in [0.29, 0.717) is 18.4 Å². The molecule has 3 aliphatic carbocycles. The Bertz CT molecular complexity index is 1620. The number of aliphatic hydroxyl groups is 1. The SMILES string of the molecule is COc1ccc(C2O[C@H]3C[C@H]4OC[C@@]4(OC(C)=O)[C@H]4[C@H](OC(=O)c5ccccc5)[C@]5(O)C[C@H](C)C(C)=C([C@@H](C)[C@H](O2)[C@]34C)C5(C)C)cc1. The lowest BCUT2D eigenvalue weighted by Gasteiger charge is -2.71. The largest absolute Gasteiger partial charge is 0.497 e. The lowest BCUT2D eigenvalue weighted by atomic mass is 9.42. The van der Waals surface area contributed by atoms with E-state index in [9.17, 15) is 14.7 Å². The Morgan fingerprint density at radius 1 is 0.958 bits per heavy atom. The summed E-state index contributed by atoms with van der Waals surface area (Å²) < 4.78 is 38.7. The molecule has 258 valence electrons. The first-order chi connectivity index (χ1) is 22.7. The number of carbonyl (C=O) groups excluding carboxylic acids is 2. The standard InChI is InChI=1S/C39H48O9/c1-21-19-39(42)33(46-34(41)25-12-10-9-11-13-25)31-37(7)28(18-29-38(31,20-44-29)48-24(4)40)45-35(26-14-16-27(43-8)17-15-26)47-32(37)23(3)30(22(21)2)36(39,5)6/h9-17,21,23,28-29,31-33,35,42H,18-20H2,1-8H3/t21-,23+,28-,29+,31-,32-,33-,35?,37+,38-,39+/m0/s1. The zero-order valence-corrected chi connectivity index (χ0v) is 29.1. The maximum Gasteiger partial charge on any atom is 0.338 e. The van der Waals surface area contributed by atoms with E-state index in [2.05, 4.69) is 27.7 Å². The molecule has 9 heteroatoms. The number of carbonyl (C=O) groups is 2. The summed E-state index contributed by atoms with van der Waals surface area (Å²) in [7, 11) is 1.63. The minimum absolute atomic E-state index is 0.0162. The van der Waals surface area contributed by atoms with Crippen LogP contribution in [-0.4, -0.2) is 66.4 Å². The molecule has 2 aliphatic heterocycles. The fraction of sp³-hybridized carbons (Fsp3) is 0.590. The summed E-state index contributed by atoms with van der Waals surface area (Å²) in [4.78, 5) is 27.1. The Labute approximate surface area is 282 Å². The van der Waals surface area contributed by atoms with Crippen molar-refractivity contribution in [3.63, 3.8) is 0 Å². The van der Waals surface area contributed by atoms with Gasteiger partial charge in [-0.3, -0.25) is 4.79 Å². The number of esters is 2. The fourth-order valence-corrected chi connectivity index (χ4v) is 10.3. The molecule has 9 nitrogen and oxygen atoms in total. The predicted octanol–water partition coefficient (Wildman–Crippen LogP) is 6.19. The molecule has 11 atom stereocenters. The van der Waals surface area contributed by atoms with E-state index in [0.717, 1.165) is 16.9 Å². The van der Waals surface area contributed by atoms with Gasteiger partial charge in [-0.1, -0.05) is 76.1 Å². The molecule has 0 amide bonds. The van der Waals surface area contributed by atoms with Gasteiger partial charge in [0.15, 0.2) is 11.9 Å². The molecule has 48 heavy (non-hydrogen) atoms. The molecule has 2 bridgehead atoms. The van der Waals surface area contributed by atoms with Gasteiger partial charge < -0.3 is 33.5 Å². The summed E-state index contributed by atoms with van der Waals surface area (Å²) >= 11 is 0. The lowest BCUT2D eigenvalue weighted by Crippen LogP contribution is -2.82. The number of methoxy groups -OCH3 is 1. The van der Waals surface area contributed by atoms with Gasteiger partial charge in [0, 0.05) is 35.7 Å². The second kappa shape index (κ2) is 11.4. The van der Waals surface area contributed by atoms with E-state index in [-0.39, 0.29) is 18.4 Å². The minimum atomic E-state index is -1.54. The molecule has 0 aromatic heterocycles. The van der Waals surface area contributed by atoms with Crippen LogP contribution >= 0.6 is 0 Å². The maximum atomic E-state index is 14.1. The van der Waals surface area contributed by atoms with Crippen molar-refractivity contribution in [2.24, 2.45) is 28.6 Å². The molecule has 2 aromatic rings. The number of hydrogen-bond acceptors (Lipinski definition) is 9. The average molecular weight is 661 g/mol. The summed E-state index contributed by atoms with van der Waals surface area (Å²) in [5.74, 6) is -1.21. The molecular weight excluding hydrogens is 612 g/mol. The highest BCUT2D eigenvalue weighted by Gasteiger charge is 2.78. The van der Waals surface area contributed by atoms with Crippen LogP contribution in [0.4, 0.5) is 0 Å². The van der Waals surface area contributed by atoms with Crippen LogP contribution in [0.1, 0.15) is 83.5 Å². The quantitative estimate of drug-likeness (QED) is 0.297. The van der Waals surface area contributed by atoms with Gasteiger partial charge in [0.2, 0.25) is 0 Å². The zero-order valence-electron chi connectivity index (χ0n) is 29.1. The van der Waals surface area contributed by atoms with Crippen LogP contribution in [0.2, 0.25) is 0 Å². The van der Waals surface area contributed by atoms with Gasteiger partial charge in [-0.2, -0.15) is 0 Å². The van der Waals surface area contributed by atoms with E-state index in [4.69, 9.17) is 28.4 Å². The van der Waals surface area contributed by atoms with Gasteiger partial charge in [0.05, 0.1) is 37.4 Å². The van der Waals surface area contributed by atoms with Gasteiger partial charge in [-0.15, -0.1) is 0 Å². The van der Waals surface area contributed by atoms with Crippen molar-refractivity contribution < 1.29 is 43.1 Å². The third-order valence-corrected chi connectivity index (χ3v) is 12.7. The Morgan fingerprint density at radius 2 is 1.65 bits per heavy atom.